The molecule has 4 N–H and O–H groups in total. The molecule has 1 aromatic heterocycles. The molecule has 1 aromatic carbocycles. The van der Waals surface area contributed by atoms with Gasteiger partial charge in [0.05, 0.1) is 4.90 Å². The highest BCUT2D eigenvalue weighted by Crippen LogP contribution is 2.17. The molecule has 0 unspecified atom stereocenters. The number of hydrogen-bond donors (Lipinski definition) is 3. The van der Waals surface area contributed by atoms with Crippen molar-refractivity contribution in [2.75, 3.05) is 4.72 Å². The van der Waals surface area contributed by atoms with Gasteiger partial charge in [0.25, 0.3) is 15.6 Å². The third-order valence-electron chi connectivity index (χ3n) is 2.77. The van der Waals surface area contributed by atoms with Crippen LogP contribution in [0.2, 0.25) is 0 Å². The van der Waals surface area contributed by atoms with Gasteiger partial charge in [-0.2, -0.15) is 5.10 Å². The van der Waals surface area contributed by atoms with Gasteiger partial charge in [-0.25, -0.2) is 13.5 Å². The number of aryl methyl sites for hydroxylation is 1. The Hall–Kier alpha value is -2.19. The lowest BCUT2D eigenvalue weighted by Crippen LogP contribution is -2.17. The number of rotatable bonds is 4. The summed E-state index contributed by atoms with van der Waals surface area (Å²) in [6, 6.07) is 7.17. The maximum atomic E-state index is 12.2. The van der Waals surface area contributed by atoms with Gasteiger partial charge in [0.15, 0.2) is 5.82 Å². The molecule has 0 spiro atoms. The second kappa shape index (κ2) is 5.43. The zero-order valence-electron chi connectivity index (χ0n) is 10.8. The van der Waals surface area contributed by atoms with Crippen LogP contribution in [0.15, 0.2) is 40.0 Å². The van der Waals surface area contributed by atoms with Crippen molar-refractivity contribution in [3.05, 3.63) is 51.8 Å². The fourth-order valence-electron chi connectivity index (χ4n) is 1.63. The van der Waals surface area contributed by atoms with Crippen LogP contribution in [0.1, 0.15) is 11.1 Å². The summed E-state index contributed by atoms with van der Waals surface area (Å²) >= 11 is 0. The van der Waals surface area contributed by atoms with E-state index in [1.54, 1.807) is 6.07 Å². The van der Waals surface area contributed by atoms with Gasteiger partial charge in [0.1, 0.15) is 0 Å². The number of H-pyrrole nitrogens is 1. The summed E-state index contributed by atoms with van der Waals surface area (Å²) in [7, 11) is -3.77. The van der Waals surface area contributed by atoms with Crippen LogP contribution in [0.4, 0.5) is 5.82 Å². The van der Waals surface area contributed by atoms with Crippen molar-refractivity contribution in [2.45, 2.75) is 18.4 Å². The molecule has 7 nitrogen and oxygen atoms in total. The molecule has 0 saturated carbocycles. The van der Waals surface area contributed by atoms with Crippen molar-refractivity contribution in [3.8, 4) is 0 Å². The number of aromatic amines is 1. The second-order valence-electron chi connectivity index (χ2n) is 4.20. The first-order chi connectivity index (χ1) is 9.42. The highest BCUT2D eigenvalue weighted by atomic mass is 32.2. The Morgan fingerprint density at radius 2 is 2.05 bits per heavy atom. The number of nitrogens with two attached hydrogens (primary N) is 1. The van der Waals surface area contributed by atoms with Gasteiger partial charge < -0.3 is 5.73 Å². The molecule has 20 heavy (non-hydrogen) atoms. The summed E-state index contributed by atoms with van der Waals surface area (Å²) in [5.41, 5.74) is 6.83. The Labute approximate surface area is 115 Å². The van der Waals surface area contributed by atoms with E-state index in [4.69, 9.17) is 5.73 Å². The van der Waals surface area contributed by atoms with Crippen LogP contribution in [0.25, 0.3) is 0 Å². The van der Waals surface area contributed by atoms with E-state index in [0.717, 1.165) is 11.1 Å². The average molecular weight is 294 g/mol. The number of benzene rings is 1. The number of aromatic nitrogens is 2. The minimum Gasteiger partial charge on any atom is -0.326 e. The molecular weight excluding hydrogens is 280 g/mol. The zero-order valence-corrected chi connectivity index (χ0v) is 11.6. The lowest BCUT2D eigenvalue weighted by atomic mass is 10.1. The maximum absolute atomic E-state index is 12.2. The van der Waals surface area contributed by atoms with Crippen molar-refractivity contribution in [1.29, 1.82) is 0 Å². The predicted octanol–water partition coefficient (Wildman–Crippen LogP) is 0.338. The first-order valence-corrected chi connectivity index (χ1v) is 7.29. The normalized spacial score (nSPS) is 11.3. The molecule has 0 aliphatic rings. The number of nitrogens with zero attached hydrogens (tertiary/aromatic N) is 1. The number of sulfonamides is 1. The smallest absolute Gasteiger partial charge is 0.264 e. The van der Waals surface area contributed by atoms with Crippen LogP contribution in [0.5, 0.6) is 0 Å². The molecule has 0 saturated heterocycles. The average Bonchev–Trinajstić information content (AvgIpc) is 2.41. The molecule has 0 bridgehead atoms. The second-order valence-corrected chi connectivity index (χ2v) is 5.89. The van der Waals surface area contributed by atoms with E-state index >= 15 is 0 Å². The molecule has 0 aliphatic heterocycles. The van der Waals surface area contributed by atoms with Crippen molar-refractivity contribution >= 4 is 15.8 Å². The van der Waals surface area contributed by atoms with Crippen molar-refractivity contribution in [2.24, 2.45) is 5.73 Å². The molecule has 0 amide bonds. The first kappa shape index (κ1) is 14.2. The summed E-state index contributed by atoms with van der Waals surface area (Å²) in [6.45, 7) is 2.11. The van der Waals surface area contributed by atoms with Crippen LogP contribution in [0.3, 0.4) is 0 Å². The van der Waals surface area contributed by atoms with Crippen molar-refractivity contribution < 1.29 is 8.42 Å². The van der Waals surface area contributed by atoms with Gasteiger partial charge in [-0.05, 0) is 36.2 Å². The molecule has 0 aliphatic carbocycles. The summed E-state index contributed by atoms with van der Waals surface area (Å²) in [5, 5.41) is 5.75. The lowest BCUT2D eigenvalue weighted by molar-refractivity contribution is 0.600. The number of nitrogens with one attached hydrogen (secondary N) is 2. The topological polar surface area (TPSA) is 118 Å². The van der Waals surface area contributed by atoms with Gasteiger partial charge in [0, 0.05) is 12.6 Å². The summed E-state index contributed by atoms with van der Waals surface area (Å²) in [4.78, 5) is 11.0. The van der Waals surface area contributed by atoms with Gasteiger partial charge in [-0.15, -0.1) is 0 Å². The van der Waals surface area contributed by atoms with Gasteiger partial charge in [-0.3, -0.25) is 9.52 Å². The third kappa shape index (κ3) is 3.03. The molecule has 2 rings (SSSR count). The Morgan fingerprint density at radius 3 is 2.65 bits per heavy atom. The molecule has 0 atom stereocenters. The lowest BCUT2D eigenvalue weighted by Gasteiger charge is -2.09. The van der Waals surface area contributed by atoms with Gasteiger partial charge in [-0.1, -0.05) is 6.07 Å². The van der Waals surface area contributed by atoms with Crippen LogP contribution >= 0.6 is 0 Å². The Morgan fingerprint density at radius 1 is 1.30 bits per heavy atom. The minimum absolute atomic E-state index is 0.0412. The molecule has 0 fully saturated rings. The third-order valence-corrected chi connectivity index (χ3v) is 4.12. The fourth-order valence-corrected chi connectivity index (χ4v) is 2.68. The Balaban J connectivity index is 2.35. The van der Waals surface area contributed by atoms with E-state index < -0.39 is 15.6 Å². The van der Waals surface area contributed by atoms with E-state index in [9.17, 15) is 13.2 Å². The van der Waals surface area contributed by atoms with E-state index in [1.165, 1.54) is 24.3 Å². The van der Waals surface area contributed by atoms with Crippen LogP contribution < -0.4 is 16.0 Å². The standard InChI is InChI=1S/C12H14N4O3S/c1-8-2-3-10(6-9(8)7-13)20(18,19)16-11-4-5-12(17)15-14-11/h2-6H,7,13H2,1H3,(H,14,16)(H,15,17). The van der Waals surface area contributed by atoms with E-state index in [1.807, 2.05) is 6.92 Å². The summed E-state index contributed by atoms with van der Waals surface area (Å²) in [6.07, 6.45) is 0. The highest BCUT2D eigenvalue weighted by molar-refractivity contribution is 7.92. The monoisotopic (exact) mass is 294 g/mol. The van der Waals surface area contributed by atoms with Crippen LogP contribution in [-0.2, 0) is 16.6 Å². The number of anilines is 1. The molecule has 0 radical (unpaired) electrons. The molecular formula is C12H14N4O3S. The molecule has 1 heterocycles. The quantitative estimate of drug-likeness (QED) is 0.751. The predicted molar refractivity (Wildman–Crippen MR) is 74.7 cm³/mol. The molecule has 2 aromatic rings. The van der Waals surface area contributed by atoms with Crippen LogP contribution in [0, 0.1) is 6.92 Å². The zero-order chi connectivity index (χ0) is 14.8. The molecule has 8 heteroatoms. The van der Waals surface area contributed by atoms with E-state index in [2.05, 4.69) is 14.9 Å². The fraction of sp³-hybridized carbons (Fsp3) is 0.167. The molecule has 106 valence electrons. The Bertz CT molecular complexity index is 763. The SMILES string of the molecule is Cc1ccc(S(=O)(=O)Nc2ccc(=O)[nH]n2)cc1CN. The first-order valence-electron chi connectivity index (χ1n) is 5.80. The largest absolute Gasteiger partial charge is 0.326 e. The van der Waals surface area contributed by atoms with Crippen molar-refractivity contribution in [3.63, 3.8) is 0 Å². The minimum atomic E-state index is -3.77. The summed E-state index contributed by atoms with van der Waals surface area (Å²) < 4.78 is 26.6. The van der Waals surface area contributed by atoms with Gasteiger partial charge >= 0.3 is 0 Å². The van der Waals surface area contributed by atoms with Crippen molar-refractivity contribution in [1.82, 2.24) is 10.2 Å². The van der Waals surface area contributed by atoms with Crippen LogP contribution in [-0.4, -0.2) is 18.6 Å². The highest BCUT2D eigenvalue weighted by Gasteiger charge is 2.16. The van der Waals surface area contributed by atoms with E-state index in [-0.39, 0.29) is 17.3 Å². The van der Waals surface area contributed by atoms with E-state index in [0.29, 0.717) is 0 Å². The number of hydrogen-bond acceptors (Lipinski definition) is 5. The maximum Gasteiger partial charge on any atom is 0.264 e. The van der Waals surface area contributed by atoms with Gasteiger partial charge in [0.2, 0.25) is 0 Å². The summed E-state index contributed by atoms with van der Waals surface area (Å²) in [5.74, 6) is 0.0412. The Kier molecular flexibility index (Phi) is 3.86.